The van der Waals surface area contributed by atoms with Crippen molar-refractivity contribution in [1.29, 1.82) is 0 Å². The van der Waals surface area contributed by atoms with E-state index in [0.717, 1.165) is 36.1 Å². The van der Waals surface area contributed by atoms with Crippen molar-refractivity contribution in [1.82, 2.24) is 0 Å². The Morgan fingerprint density at radius 1 is 0.692 bits per heavy atom. The maximum Gasteiger partial charge on any atom is 0.326 e. The molecular weight excluding hydrogens is 339 g/mol. The van der Waals surface area contributed by atoms with Gasteiger partial charge in [-0.05, 0) is 47.2 Å². The molecule has 4 rings (SSSR count). The zero-order valence-corrected chi connectivity index (χ0v) is 16.1. The topological polar surface area (TPSA) is 18.5 Å². The van der Waals surface area contributed by atoms with Gasteiger partial charge < -0.3 is 9.05 Å². The third-order valence-electron chi connectivity index (χ3n) is 4.81. The zero-order chi connectivity index (χ0) is 17.9. The molecule has 0 radical (unpaired) electrons. The summed E-state index contributed by atoms with van der Waals surface area (Å²) in [5.41, 5.74) is 4.96. The predicted molar refractivity (Wildman–Crippen MR) is 109 cm³/mol. The van der Waals surface area contributed by atoms with Crippen LogP contribution >= 0.6 is 8.38 Å². The molecule has 0 aliphatic carbocycles. The summed E-state index contributed by atoms with van der Waals surface area (Å²) in [6.07, 6.45) is 2.73. The van der Waals surface area contributed by atoms with E-state index in [1.807, 2.05) is 18.2 Å². The number of para-hydroxylation sites is 2. The first-order valence-electron chi connectivity index (χ1n) is 9.22. The van der Waals surface area contributed by atoms with Crippen molar-refractivity contribution in [2.75, 3.05) is 0 Å². The van der Waals surface area contributed by atoms with Gasteiger partial charge in [-0.25, -0.2) is 0 Å². The second-order valence-electron chi connectivity index (χ2n) is 6.47. The number of rotatable bonds is 3. The van der Waals surface area contributed by atoms with Crippen molar-refractivity contribution in [3.63, 3.8) is 0 Å². The molecule has 2 nitrogen and oxygen atoms in total. The number of aryl methyl sites for hydroxylation is 2. The molecule has 0 amide bonds. The molecule has 0 saturated carbocycles. The van der Waals surface area contributed by atoms with Gasteiger partial charge in [-0.15, -0.1) is 0 Å². The first-order chi connectivity index (χ1) is 12.8. The summed E-state index contributed by atoms with van der Waals surface area (Å²) in [5, 5.41) is 1.10. The molecular formula is C23H23O2P. The lowest BCUT2D eigenvalue weighted by Gasteiger charge is -2.27. The van der Waals surface area contributed by atoms with Crippen LogP contribution in [0.1, 0.15) is 36.1 Å². The molecule has 0 N–H and O–H groups in total. The summed E-state index contributed by atoms with van der Waals surface area (Å²) in [4.78, 5) is 0. The largest absolute Gasteiger partial charge is 0.435 e. The van der Waals surface area contributed by atoms with Crippen molar-refractivity contribution in [2.24, 2.45) is 0 Å². The van der Waals surface area contributed by atoms with Crippen LogP contribution in [0, 0.1) is 0 Å². The van der Waals surface area contributed by atoms with E-state index in [4.69, 9.17) is 9.05 Å². The van der Waals surface area contributed by atoms with E-state index in [2.05, 4.69) is 62.4 Å². The van der Waals surface area contributed by atoms with E-state index >= 15 is 0 Å². The molecule has 0 fully saturated rings. The second kappa shape index (κ2) is 7.51. The van der Waals surface area contributed by atoms with Crippen LogP contribution in [0.4, 0.5) is 0 Å². The standard InChI is InChI=1S/C23H23O2P/c1-3-17-10-8-12-19-16-20-13-9-11-18(4-2)23(20)25-26(24-22(17)19)21-14-6-5-7-15-21/h5-15H,3-4,16H2,1-2H3. The van der Waals surface area contributed by atoms with Crippen LogP contribution in [-0.2, 0) is 19.3 Å². The summed E-state index contributed by atoms with van der Waals surface area (Å²) in [7, 11) is -1.23. The molecule has 0 saturated heterocycles. The Labute approximate surface area is 156 Å². The number of fused-ring (bicyclic) bond motifs is 2. The average molecular weight is 362 g/mol. The number of hydrogen-bond acceptors (Lipinski definition) is 2. The van der Waals surface area contributed by atoms with Gasteiger partial charge in [-0.3, -0.25) is 0 Å². The van der Waals surface area contributed by atoms with Crippen LogP contribution < -0.4 is 14.4 Å². The Balaban J connectivity index is 1.89. The summed E-state index contributed by atoms with van der Waals surface area (Å²) in [6.45, 7) is 4.35. The zero-order valence-electron chi connectivity index (χ0n) is 15.2. The maximum atomic E-state index is 6.54. The van der Waals surface area contributed by atoms with Gasteiger partial charge in [-0.1, -0.05) is 68.4 Å². The van der Waals surface area contributed by atoms with Gasteiger partial charge in [0.1, 0.15) is 11.5 Å². The number of benzene rings is 3. The summed E-state index contributed by atoms with van der Waals surface area (Å²) in [5.74, 6) is 2.00. The van der Waals surface area contributed by atoms with Gasteiger partial charge in [0.2, 0.25) is 0 Å². The van der Waals surface area contributed by atoms with Gasteiger partial charge >= 0.3 is 8.38 Å². The van der Waals surface area contributed by atoms with Crippen molar-refractivity contribution in [2.45, 2.75) is 33.1 Å². The Kier molecular flexibility index (Phi) is 4.95. The highest BCUT2D eigenvalue weighted by Gasteiger charge is 2.26. The van der Waals surface area contributed by atoms with Crippen LogP contribution in [0.2, 0.25) is 0 Å². The van der Waals surface area contributed by atoms with E-state index in [9.17, 15) is 0 Å². The molecule has 1 aliphatic rings. The molecule has 0 bridgehead atoms. The molecule has 3 aromatic carbocycles. The normalized spacial score (nSPS) is 13.6. The minimum absolute atomic E-state index is 0.838. The third-order valence-corrected chi connectivity index (χ3v) is 6.23. The second-order valence-corrected chi connectivity index (χ2v) is 7.87. The van der Waals surface area contributed by atoms with Crippen LogP contribution in [0.15, 0.2) is 66.7 Å². The summed E-state index contributed by atoms with van der Waals surface area (Å²) >= 11 is 0. The van der Waals surface area contributed by atoms with Gasteiger partial charge in [0.05, 0.1) is 5.30 Å². The molecule has 1 aliphatic heterocycles. The molecule has 3 heteroatoms. The Hall–Kier alpha value is -2.31. The fourth-order valence-corrected chi connectivity index (χ4v) is 4.85. The van der Waals surface area contributed by atoms with Crippen molar-refractivity contribution < 1.29 is 9.05 Å². The van der Waals surface area contributed by atoms with Crippen molar-refractivity contribution >= 4 is 13.7 Å². The van der Waals surface area contributed by atoms with E-state index in [-0.39, 0.29) is 0 Å². The summed E-state index contributed by atoms with van der Waals surface area (Å²) < 4.78 is 13.1. The SMILES string of the molecule is CCc1cccc2c1OP(c1ccccc1)Oc1c(CC)cccc1C2. The molecule has 0 aromatic heterocycles. The minimum Gasteiger partial charge on any atom is -0.435 e. The summed E-state index contributed by atoms with van der Waals surface area (Å²) in [6, 6.07) is 23.2. The van der Waals surface area contributed by atoms with E-state index in [1.165, 1.54) is 22.3 Å². The Morgan fingerprint density at radius 2 is 1.23 bits per heavy atom. The quantitative estimate of drug-likeness (QED) is 0.547. The van der Waals surface area contributed by atoms with Crippen LogP contribution in [0.5, 0.6) is 11.5 Å². The highest BCUT2D eigenvalue weighted by Crippen LogP contribution is 2.47. The van der Waals surface area contributed by atoms with Crippen molar-refractivity contribution in [3.8, 4) is 11.5 Å². The first-order valence-corrected chi connectivity index (χ1v) is 10.4. The fourth-order valence-electron chi connectivity index (χ4n) is 3.39. The van der Waals surface area contributed by atoms with Gasteiger partial charge in [0.15, 0.2) is 0 Å². The molecule has 26 heavy (non-hydrogen) atoms. The Bertz CT molecular complexity index is 850. The minimum atomic E-state index is -1.23. The lowest BCUT2D eigenvalue weighted by Crippen LogP contribution is -2.15. The third kappa shape index (κ3) is 3.22. The van der Waals surface area contributed by atoms with Gasteiger partial charge in [0.25, 0.3) is 0 Å². The lowest BCUT2D eigenvalue weighted by atomic mass is 9.97. The average Bonchev–Trinajstić information content (AvgIpc) is 2.68. The smallest absolute Gasteiger partial charge is 0.326 e. The highest BCUT2D eigenvalue weighted by atomic mass is 31.2. The molecule has 132 valence electrons. The van der Waals surface area contributed by atoms with Gasteiger partial charge in [-0.2, -0.15) is 0 Å². The van der Waals surface area contributed by atoms with Crippen LogP contribution in [0.25, 0.3) is 0 Å². The predicted octanol–water partition coefficient (Wildman–Crippen LogP) is 5.81. The van der Waals surface area contributed by atoms with Crippen molar-refractivity contribution in [3.05, 3.63) is 89.0 Å². The van der Waals surface area contributed by atoms with E-state index < -0.39 is 8.38 Å². The lowest BCUT2D eigenvalue weighted by molar-refractivity contribution is 0.482. The highest BCUT2D eigenvalue weighted by molar-refractivity contribution is 7.56. The van der Waals surface area contributed by atoms with Crippen LogP contribution in [0.3, 0.4) is 0 Å². The molecule has 0 spiro atoms. The van der Waals surface area contributed by atoms with E-state index in [0.29, 0.717) is 0 Å². The monoisotopic (exact) mass is 362 g/mol. The van der Waals surface area contributed by atoms with Gasteiger partial charge in [0, 0.05) is 6.42 Å². The van der Waals surface area contributed by atoms with E-state index in [1.54, 1.807) is 0 Å². The molecule has 0 unspecified atom stereocenters. The Morgan fingerprint density at radius 3 is 1.73 bits per heavy atom. The first kappa shape index (κ1) is 17.1. The molecule has 1 heterocycles. The van der Waals surface area contributed by atoms with Crippen LogP contribution in [-0.4, -0.2) is 0 Å². The fraction of sp³-hybridized carbons (Fsp3) is 0.217. The molecule has 3 aromatic rings. The molecule has 0 atom stereocenters. The maximum absolute atomic E-state index is 6.54. The number of hydrogen-bond donors (Lipinski definition) is 0.